The lowest BCUT2D eigenvalue weighted by atomic mass is 10.0. The highest BCUT2D eigenvalue weighted by Gasteiger charge is 2.30. The summed E-state index contributed by atoms with van der Waals surface area (Å²) >= 11 is 0. The fraction of sp³-hybridized carbons (Fsp3) is 0.500. The number of fused-ring (bicyclic) bond motifs is 1. The Morgan fingerprint density at radius 1 is 1.41 bits per heavy atom. The first kappa shape index (κ1) is 12.1. The van der Waals surface area contributed by atoms with Gasteiger partial charge in [-0.15, -0.1) is 0 Å². The zero-order chi connectivity index (χ0) is 12.4. The van der Waals surface area contributed by atoms with Crippen LogP contribution < -0.4 is 4.74 Å². The summed E-state index contributed by atoms with van der Waals surface area (Å²) in [5.41, 5.74) is 2.02. The fourth-order valence-corrected chi connectivity index (χ4v) is 2.32. The highest BCUT2D eigenvalue weighted by Crippen LogP contribution is 2.31. The van der Waals surface area contributed by atoms with E-state index in [0.29, 0.717) is 0 Å². The third kappa shape index (κ3) is 2.50. The fourth-order valence-electron chi connectivity index (χ4n) is 2.32. The highest BCUT2D eigenvalue weighted by molar-refractivity contribution is 6.02. The summed E-state index contributed by atoms with van der Waals surface area (Å²) in [6.45, 7) is 0.960. The van der Waals surface area contributed by atoms with E-state index in [-0.39, 0.29) is 11.7 Å². The van der Waals surface area contributed by atoms with E-state index < -0.39 is 0 Å². The number of ketones is 1. The molecule has 1 aliphatic carbocycles. The minimum atomic E-state index is 0.152. The molecule has 3 heteroatoms. The number of Topliss-reactive ketones (excluding diaryl/α,β-unsaturated/α-hetero) is 1. The Bertz CT molecular complexity index is 426. The molecule has 0 spiro atoms. The average molecular weight is 233 g/mol. The molecule has 0 saturated heterocycles. The van der Waals surface area contributed by atoms with Crippen molar-refractivity contribution in [2.75, 3.05) is 27.7 Å². The molecule has 0 bridgehead atoms. The van der Waals surface area contributed by atoms with E-state index in [1.165, 1.54) is 5.56 Å². The Morgan fingerprint density at radius 3 is 2.82 bits per heavy atom. The summed E-state index contributed by atoms with van der Waals surface area (Å²) in [5, 5.41) is 0. The molecule has 1 atom stereocenters. The number of ether oxygens (including phenoxy) is 1. The molecule has 0 N–H and O–H groups in total. The van der Waals surface area contributed by atoms with Gasteiger partial charge in [-0.05, 0) is 51.2 Å². The molecule has 0 saturated carbocycles. The summed E-state index contributed by atoms with van der Waals surface area (Å²) in [5.74, 6) is 1.20. The van der Waals surface area contributed by atoms with Crippen LogP contribution in [0.4, 0.5) is 0 Å². The second-order valence-electron chi connectivity index (χ2n) is 4.88. The lowest BCUT2D eigenvalue weighted by molar-refractivity contribution is 0.0925. The van der Waals surface area contributed by atoms with Gasteiger partial charge in [0.1, 0.15) is 5.75 Å². The maximum atomic E-state index is 12.2. The zero-order valence-electron chi connectivity index (χ0n) is 10.7. The van der Waals surface area contributed by atoms with Crippen molar-refractivity contribution in [3.05, 3.63) is 29.3 Å². The van der Waals surface area contributed by atoms with Gasteiger partial charge in [0.15, 0.2) is 5.78 Å². The van der Waals surface area contributed by atoms with Gasteiger partial charge in [0.05, 0.1) is 7.11 Å². The van der Waals surface area contributed by atoms with E-state index in [1.54, 1.807) is 7.11 Å². The molecule has 0 amide bonds. The van der Waals surface area contributed by atoms with Crippen LogP contribution in [0, 0.1) is 5.92 Å². The molecular weight excluding hydrogens is 214 g/mol. The Kier molecular flexibility index (Phi) is 3.48. The van der Waals surface area contributed by atoms with Gasteiger partial charge in [-0.3, -0.25) is 4.79 Å². The molecule has 0 fully saturated rings. The molecule has 3 nitrogen and oxygen atoms in total. The van der Waals surface area contributed by atoms with Crippen molar-refractivity contribution in [1.82, 2.24) is 4.90 Å². The van der Waals surface area contributed by atoms with Crippen LogP contribution in [0.2, 0.25) is 0 Å². The van der Waals surface area contributed by atoms with Gasteiger partial charge >= 0.3 is 0 Å². The smallest absolute Gasteiger partial charge is 0.166 e. The first-order valence-electron chi connectivity index (χ1n) is 5.97. The van der Waals surface area contributed by atoms with Crippen molar-refractivity contribution in [1.29, 1.82) is 0 Å². The van der Waals surface area contributed by atoms with Crippen LogP contribution in [-0.2, 0) is 6.42 Å². The van der Waals surface area contributed by atoms with E-state index in [4.69, 9.17) is 4.74 Å². The number of hydrogen-bond donors (Lipinski definition) is 0. The maximum Gasteiger partial charge on any atom is 0.166 e. The first-order valence-corrected chi connectivity index (χ1v) is 5.97. The van der Waals surface area contributed by atoms with Gasteiger partial charge in [-0.1, -0.05) is 6.07 Å². The van der Waals surface area contributed by atoms with E-state index in [9.17, 15) is 4.79 Å². The number of nitrogens with zero attached hydrogens (tertiary/aromatic N) is 1. The first-order chi connectivity index (χ1) is 8.11. The molecule has 1 aromatic rings. The number of carbonyl (C=O) groups is 1. The molecule has 1 aromatic carbocycles. The number of carbonyl (C=O) groups excluding carboxylic acids is 1. The van der Waals surface area contributed by atoms with Crippen molar-refractivity contribution in [2.45, 2.75) is 12.8 Å². The summed E-state index contributed by atoms with van der Waals surface area (Å²) in [6.07, 6.45) is 1.81. The lowest BCUT2D eigenvalue weighted by Gasteiger charge is -2.12. The number of methoxy groups -OCH3 is 1. The predicted molar refractivity (Wildman–Crippen MR) is 67.7 cm³/mol. The average Bonchev–Trinajstić information content (AvgIpc) is 2.63. The molecule has 0 aromatic heterocycles. The molecule has 0 radical (unpaired) electrons. The van der Waals surface area contributed by atoms with E-state index in [0.717, 1.165) is 30.7 Å². The lowest BCUT2D eigenvalue weighted by Crippen LogP contribution is -2.19. The largest absolute Gasteiger partial charge is 0.497 e. The van der Waals surface area contributed by atoms with Crippen molar-refractivity contribution in [2.24, 2.45) is 5.92 Å². The normalized spacial score (nSPS) is 18.6. The van der Waals surface area contributed by atoms with Crippen LogP contribution in [0.15, 0.2) is 18.2 Å². The van der Waals surface area contributed by atoms with Gasteiger partial charge in [-0.2, -0.15) is 0 Å². The van der Waals surface area contributed by atoms with Gasteiger partial charge < -0.3 is 9.64 Å². The molecule has 92 valence electrons. The standard InChI is InChI=1S/C14H19NO2/c1-15(2)7-6-11-8-10-4-5-12(17-3)9-13(10)14(11)16/h4-5,9,11H,6-8H2,1-3H3/t11-/m1/s1. The Labute approximate surface area is 102 Å². The van der Waals surface area contributed by atoms with E-state index in [2.05, 4.69) is 4.90 Å². The Hall–Kier alpha value is -1.35. The van der Waals surface area contributed by atoms with Crippen molar-refractivity contribution in [3.8, 4) is 5.75 Å². The molecule has 0 unspecified atom stereocenters. The van der Waals surface area contributed by atoms with Crippen molar-refractivity contribution < 1.29 is 9.53 Å². The number of benzene rings is 1. The summed E-state index contributed by atoms with van der Waals surface area (Å²) < 4.78 is 5.16. The highest BCUT2D eigenvalue weighted by atomic mass is 16.5. The molecular formula is C14H19NO2. The quantitative estimate of drug-likeness (QED) is 0.796. The molecule has 0 heterocycles. The van der Waals surface area contributed by atoms with Crippen LogP contribution >= 0.6 is 0 Å². The van der Waals surface area contributed by atoms with Gasteiger partial charge in [0.25, 0.3) is 0 Å². The molecule has 17 heavy (non-hydrogen) atoms. The van der Waals surface area contributed by atoms with Crippen LogP contribution in [0.5, 0.6) is 5.75 Å². The van der Waals surface area contributed by atoms with Crippen LogP contribution in [0.1, 0.15) is 22.3 Å². The van der Waals surface area contributed by atoms with Crippen LogP contribution in [0.3, 0.4) is 0 Å². The number of hydrogen-bond acceptors (Lipinski definition) is 3. The van der Waals surface area contributed by atoms with Crippen molar-refractivity contribution in [3.63, 3.8) is 0 Å². The minimum absolute atomic E-state index is 0.152. The third-order valence-corrected chi connectivity index (χ3v) is 3.34. The molecule has 2 rings (SSSR count). The van der Waals surface area contributed by atoms with Gasteiger partial charge in [0, 0.05) is 11.5 Å². The molecule has 1 aliphatic rings. The second-order valence-corrected chi connectivity index (χ2v) is 4.88. The van der Waals surface area contributed by atoms with Gasteiger partial charge in [-0.25, -0.2) is 0 Å². The Morgan fingerprint density at radius 2 is 2.18 bits per heavy atom. The number of rotatable bonds is 4. The predicted octanol–water partition coefficient (Wildman–Crippen LogP) is 2.00. The van der Waals surface area contributed by atoms with Gasteiger partial charge in [0.2, 0.25) is 0 Å². The molecule has 0 aliphatic heterocycles. The van der Waals surface area contributed by atoms with Crippen LogP contribution in [-0.4, -0.2) is 38.4 Å². The summed E-state index contributed by atoms with van der Waals surface area (Å²) in [4.78, 5) is 14.3. The Balaban J connectivity index is 2.12. The monoisotopic (exact) mass is 233 g/mol. The zero-order valence-corrected chi connectivity index (χ0v) is 10.7. The van der Waals surface area contributed by atoms with Crippen LogP contribution in [0.25, 0.3) is 0 Å². The third-order valence-electron chi connectivity index (χ3n) is 3.34. The summed E-state index contributed by atoms with van der Waals surface area (Å²) in [7, 11) is 5.70. The second kappa shape index (κ2) is 4.88. The summed E-state index contributed by atoms with van der Waals surface area (Å²) in [6, 6.07) is 5.81. The topological polar surface area (TPSA) is 29.5 Å². The van der Waals surface area contributed by atoms with E-state index in [1.807, 2.05) is 32.3 Å². The SMILES string of the molecule is COc1ccc2c(c1)C(=O)[C@H](CCN(C)C)C2. The minimum Gasteiger partial charge on any atom is -0.497 e. The maximum absolute atomic E-state index is 12.2. The van der Waals surface area contributed by atoms with E-state index >= 15 is 0 Å². The van der Waals surface area contributed by atoms with Crippen molar-refractivity contribution >= 4 is 5.78 Å².